The third-order valence-corrected chi connectivity index (χ3v) is 2.67. The minimum absolute atomic E-state index is 0.681. The van der Waals surface area contributed by atoms with Crippen LogP contribution in [-0.2, 0) is 5.60 Å². The molecule has 0 aliphatic rings. The highest BCUT2D eigenvalue weighted by Crippen LogP contribution is 2.29. The van der Waals surface area contributed by atoms with Crippen molar-refractivity contribution in [2.24, 2.45) is 0 Å². The number of rotatable bonds is 5. The zero-order valence-electron chi connectivity index (χ0n) is 10.5. The van der Waals surface area contributed by atoms with Crippen molar-refractivity contribution < 1.29 is 5.11 Å². The summed E-state index contributed by atoms with van der Waals surface area (Å²) in [6.45, 7) is 2.67. The number of nitrogens with zero attached hydrogens (tertiary/aromatic N) is 2. The van der Waals surface area contributed by atoms with E-state index in [0.29, 0.717) is 6.42 Å². The Kier molecular flexibility index (Phi) is 4.26. The Bertz CT molecular complexity index is 337. The van der Waals surface area contributed by atoms with E-state index in [1.807, 2.05) is 40.2 Å². The molecule has 0 saturated heterocycles. The predicted molar refractivity (Wildman–Crippen MR) is 66.5 cm³/mol. The van der Waals surface area contributed by atoms with Crippen molar-refractivity contribution in [1.29, 1.82) is 0 Å². The lowest BCUT2D eigenvalue weighted by molar-refractivity contribution is 0.0410. The molecule has 4 heteroatoms. The predicted octanol–water partition coefficient (Wildman–Crippen LogP) is 1.28. The van der Waals surface area contributed by atoms with Gasteiger partial charge in [0.05, 0.1) is 5.60 Å². The Morgan fingerprint density at radius 1 is 1.50 bits per heavy atom. The fourth-order valence-electron chi connectivity index (χ4n) is 1.62. The van der Waals surface area contributed by atoms with Gasteiger partial charge in [-0.25, -0.2) is 4.98 Å². The molecule has 0 spiro atoms. The van der Waals surface area contributed by atoms with Gasteiger partial charge in [-0.1, -0.05) is 6.07 Å². The maximum atomic E-state index is 10.4. The first kappa shape index (κ1) is 12.9. The van der Waals surface area contributed by atoms with Crippen LogP contribution >= 0.6 is 0 Å². The van der Waals surface area contributed by atoms with E-state index in [2.05, 4.69) is 15.2 Å². The SMILES string of the molecule is CNc1ncccc1C(C)(O)CCN(C)C. The van der Waals surface area contributed by atoms with Gasteiger partial charge in [-0.15, -0.1) is 0 Å². The molecule has 0 aromatic carbocycles. The average Bonchev–Trinajstić information content (AvgIpc) is 2.26. The molecule has 0 bridgehead atoms. The maximum Gasteiger partial charge on any atom is 0.131 e. The molecule has 0 saturated carbocycles. The van der Waals surface area contributed by atoms with Gasteiger partial charge in [-0.05, 0) is 33.5 Å². The van der Waals surface area contributed by atoms with Crippen molar-refractivity contribution >= 4 is 5.82 Å². The lowest BCUT2D eigenvalue weighted by Crippen LogP contribution is -2.28. The lowest BCUT2D eigenvalue weighted by atomic mass is 9.92. The van der Waals surface area contributed by atoms with Crippen LogP contribution in [0.5, 0.6) is 0 Å². The normalized spacial score (nSPS) is 14.9. The van der Waals surface area contributed by atoms with E-state index in [1.165, 1.54) is 0 Å². The van der Waals surface area contributed by atoms with Crippen LogP contribution in [0.2, 0.25) is 0 Å². The second kappa shape index (κ2) is 5.27. The first-order valence-corrected chi connectivity index (χ1v) is 5.47. The molecule has 0 fully saturated rings. The van der Waals surface area contributed by atoms with E-state index in [-0.39, 0.29) is 0 Å². The van der Waals surface area contributed by atoms with Crippen LogP contribution in [0.1, 0.15) is 18.9 Å². The summed E-state index contributed by atoms with van der Waals surface area (Å²) in [7, 11) is 5.81. The van der Waals surface area contributed by atoms with Crippen LogP contribution in [0, 0.1) is 0 Å². The van der Waals surface area contributed by atoms with Crippen molar-refractivity contribution in [2.75, 3.05) is 33.0 Å². The highest BCUT2D eigenvalue weighted by Gasteiger charge is 2.26. The quantitative estimate of drug-likeness (QED) is 0.789. The minimum Gasteiger partial charge on any atom is -0.385 e. The smallest absolute Gasteiger partial charge is 0.131 e. The Morgan fingerprint density at radius 2 is 2.19 bits per heavy atom. The minimum atomic E-state index is -0.850. The Labute approximate surface area is 97.3 Å². The molecular weight excluding hydrogens is 202 g/mol. The van der Waals surface area contributed by atoms with E-state index < -0.39 is 5.60 Å². The summed E-state index contributed by atoms with van der Waals surface area (Å²) >= 11 is 0. The second-order valence-electron chi connectivity index (χ2n) is 4.48. The van der Waals surface area contributed by atoms with Gasteiger partial charge in [0, 0.05) is 25.4 Å². The van der Waals surface area contributed by atoms with Crippen LogP contribution < -0.4 is 5.32 Å². The van der Waals surface area contributed by atoms with Gasteiger partial charge in [-0.2, -0.15) is 0 Å². The molecule has 0 radical (unpaired) electrons. The van der Waals surface area contributed by atoms with Gasteiger partial charge in [0.25, 0.3) is 0 Å². The fraction of sp³-hybridized carbons (Fsp3) is 0.583. The largest absolute Gasteiger partial charge is 0.385 e. The third kappa shape index (κ3) is 3.18. The van der Waals surface area contributed by atoms with Gasteiger partial charge in [0.15, 0.2) is 0 Å². The topological polar surface area (TPSA) is 48.4 Å². The number of hydrogen-bond acceptors (Lipinski definition) is 4. The molecule has 1 aromatic rings. The molecule has 0 amide bonds. The highest BCUT2D eigenvalue weighted by atomic mass is 16.3. The van der Waals surface area contributed by atoms with E-state index in [1.54, 1.807) is 6.20 Å². The van der Waals surface area contributed by atoms with Crippen molar-refractivity contribution in [2.45, 2.75) is 18.9 Å². The van der Waals surface area contributed by atoms with Gasteiger partial charge < -0.3 is 15.3 Å². The van der Waals surface area contributed by atoms with E-state index >= 15 is 0 Å². The van der Waals surface area contributed by atoms with Gasteiger partial charge in [0.2, 0.25) is 0 Å². The zero-order valence-corrected chi connectivity index (χ0v) is 10.5. The molecule has 2 N–H and O–H groups in total. The van der Waals surface area contributed by atoms with Crippen LogP contribution in [0.4, 0.5) is 5.82 Å². The summed E-state index contributed by atoms with van der Waals surface area (Å²) in [5.74, 6) is 0.742. The molecule has 1 atom stereocenters. The first-order chi connectivity index (χ1) is 7.47. The van der Waals surface area contributed by atoms with Crippen LogP contribution in [0.15, 0.2) is 18.3 Å². The Hall–Kier alpha value is -1.13. The van der Waals surface area contributed by atoms with Gasteiger partial charge >= 0.3 is 0 Å². The summed E-state index contributed by atoms with van der Waals surface area (Å²) < 4.78 is 0. The standard InChI is InChI=1S/C12H21N3O/c1-12(16,7-9-15(3)4)10-6-5-8-14-11(10)13-2/h5-6,8,16H,7,9H2,1-4H3,(H,13,14). The number of aromatic nitrogens is 1. The van der Waals surface area contributed by atoms with Gasteiger partial charge in [0.1, 0.15) is 5.82 Å². The van der Waals surface area contributed by atoms with E-state index in [0.717, 1.165) is 17.9 Å². The average molecular weight is 223 g/mol. The molecule has 0 aliphatic heterocycles. The van der Waals surface area contributed by atoms with Crippen LogP contribution in [0.3, 0.4) is 0 Å². The summed E-state index contributed by atoms with van der Waals surface area (Å²) in [6.07, 6.45) is 2.40. The lowest BCUT2D eigenvalue weighted by Gasteiger charge is -2.27. The molecule has 0 aliphatic carbocycles. The van der Waals surface area contributed by atoms with Crippen LogP contribution in [0.25, 0.3) is 0 Å². The molecule has 90 valence electrons. The Balaban J connectivity index is 2.88. The summed E-state index contributed by atoms with van der Waals surface area (Å²) in [4.78, 5) is 6.27. The summed E-state index contributed by atoms with van der Waals surface area (Å²) in [6, 6.07) is 3.76. The fourth-order valence-corrected chi connectivity index (χ4v) is 1.62. The van der Waals surface area contributed by atoms with Crippen molar-refractivity contribution in [3.8, 4) is 0 Å². The molecule has 16 heavy (non-hydrogen) atoms. The number of anilines is 1. The second-order valence-corrected chi connectivity index (χ2v) is 4.48. The maximum absolute atomic E-state index is 10.4. The molecule has 1 heterocycles. The summed E-state index contributed by atoms with van der Waals surface area (Å²) in [5.41, 5.74) is -0.00370. The number of aliphatic hydroxyl groups is 1. The van der Waals surface area contributed by atoms with E-state index in [4.69, 9.17) is 0 Å². The monoisotopic (exact) mass is 223 g/mol. The molecule has 1 aromatic heterocycles. The first-order valence-electron chi connectivity index (χ1n) is 5.47. The number of nitrogens with one attached hydrogen (secondary N) is 1. The van der Waals surface area contributed by atoms with Crippen molar-refractivity contribution in [1.82, 2.24) is 9.88 Å². The molecular formula is C12H21N3O. The van der Waals surface area contributed by atoms with E-state index in [9.17, 15) is 5.11 Å². The molecule has 1 rings (SSSR count). The third-order valence-electron chi connectivity index (χ3n) is 2.67. The van der Waals surface area contributed by atoms with Gasteiger partial charge in [-0.3, -0.25) is 0 Å². The molecule has 4 nitrogen and oxygen atoms in total. The number of pyridine rings is 1. The summed E-state index contributed by atoms with van der Waals surface area (Å²) in [5, 5.41) is 13.4. The number of hydrogen-bond donors (Lipinski definition) is 2. The molecule has 1 unspecified atom stereocenters. The van der Waals surface area contributed by atoms with Crippen molar-refractivity contribution in [3.63, 3.8) is 0 Å². The zero-order chi connectivity index (χ0) is 12.2. The highest BCUT2D eigenvalue weighted by molar-refractivity contribution is 5.46. The van der Waals surface area contributed by atoms with Crippen molar-refractivity contribution in [3.05, 3.63) is 23.9 Å². The van der Waals surface area contributed by atoms with Crippen LogP contribution in [-0.4, -0.2) is 42.7 Å². The Morgan fingerprint density at radius 3 is 2.75 bits per heavy atom.